The van der Waals surface area contributed by atoms with E-state index in [4.69, 9.17) is 0 Å². The molecule has 0 fully saturated rings. The molecule has 0 spiro atoms. The quantitative estimate of drug-likeness (QED) is 0.760. The van der Waals surface area contributed by atoms with Crippen molar-refractivity contribution >= 4 is 11.8 Å². The molecule has 0 aliphatic rings. The molecule has 1 N–H and O–H groups in total. The fourth-order valence-electron chi connectivity index (χ4n) is 2.31. The van der Waals surface area contributed by atoms with E-state index in [-0.39, 0.29) is 0 Å². The summed E-state index contributed by atoms with van der Waals surface area (Å²) in [6, 6.07) is 10.3. The first-order valence-electron chi connectivity index (χ1n) is 6.81. The minimum atomic E-state index is 0.670. The molecule has 0 aliphatic heterocycles. The summed E-state index contributed by atoms with van der Waals surface area (Å²) < 4.78 is 2.15. The Morgan fingerprint density at radius 3 is 2.76 bits per heavy atom. The van der Waals surface area contributed by atoms with Gasteiger partial charge >= 0.3 is 0 Å². The summed E-state index contributed by atoms with van der Waals surface area (Å²) in [5.74, 6) is 1.92. The Balaban J connectivity index is 1.95. The van der Waals surface area contributed by atoms with Crippen LogP contribution in [0, 0.1) is 0 Å². The minimum absolute atomic E-state index is 0.670. The van der Waals surface area contributed by atoms with Crippen molar-refractivity contribution in [1.29, 1.82) is 0 Å². The van der Waals surface area contributed by atoms with Crippen LogP contribution in [0.1, 0.15) is 11.5 Å². The molecular weight excluding hydrogens is 282 g/mol. The van der Waals surface area contributed by atoms with Crippen molar-refractivity contribution in [3.63, 3.8) is 0 Å². The lowest BCUT2D eigenvalue weighted by atomic mass is 10.1. The van der Waals surface area contributed by atoms with Crippen LogP contribution < -0.4 is 0 Å². The predicted molar refractivity (Wildman–Crippen MR) is 85.2 cm³/mol. The molecule has 0 saturated heterocycles. The van der Waals surface area contributed by atoms with Gasteiger partial charge in [0, 0.05) is 11.3 Å². The molecule has 0 unspecified atom stereocenters. The molecule has 6 heteroatoms. The molecule has 0 aliphatic carbocycles. The zero-order valence-corrected chi connectivity index (χ0v) is 12.7. The molecule has 0 atom stereocenters. The smallest absolute Gasteiger partial charge is 0.144 e. The van der Waals surface area contributed by atoms with Gasteiger partial charge in [-0.3, -0.25) is 5.10 Å². The molecular formula is C15H17N5S. The Bertz CT molecular complexity index is 675. The second-order valence-electron chi connectivity index (χ2n) is 4.71. The molecule has 108 valence electrons. The maximum Gasteiger partial charge on any atom is 0.144 e. The van der Waals surface area contributed by atoms with Gasteiger partial charge in [0.05, 0.1) is 18.6 Å². The van der Waals surface area contributed by atoms with Crippen LogP contribution in [-0.2, 0) is 13.0 Å². The van der Waals surface area contributed by atoms with E-state index in [1.165, 1.54) is 12.0 Å². The molecule has 1 aromatic carbocycles. The monoisotopic (exact) mass is 299 g/mol. The van der Waals surface area contributed by atoms with Crippen molar-refractivity contribution in [3.05, 3.63) is 54.5 Å². The summed E-state index contributed by atoms with van der Waals surface area (Å²) in [6.45, 7) is 0.670. The zero-order chi connectivity index (χ0) is 14.5. The lowest BCUT2D eigenvalue weighted by molar-refractivity contribution is 0.712. The van der Waals surface area contributed by atoms with Gasteiger partial charge in [-0.05, 0) is 18.4 Å². The van der Waals surface area contributed by atoms with Crippen LogP contribution >= 0.6 is 11.8 Å². The number of nitrogens with one attached hydrogen (secondary N) is 1. The number of H-pyrrole nitrogens is 1. The van der Waals surface area contributed by atoms with Crippen molar-refractivity contribution in [2.45, 2.75) is 13.0 Å². The Labute approximate surface area is 127 Å². The van der Waals surface area contributed by atoms with Crippen LogP contribution in [0.4, 0.5) is 0 Å². The highest BCUT2D eigenvalue weighted by Crippen LogP contribution is 2.23. The summed E-state index contributed by atoms with van der Waals surface area (Å²) in [7, 11) is 0. The number of hydrogen-bond donors (Lipinski definition) is 1. The average Bonchev–Trinajstić information content (AvgIpc) is 3.16. The maximum absolute atomic E-state index is 4.61. The number of aromatic amines is 1. The lowest BCUT2D eigenvalue weighted by Gasteiger charge is -2.08. The summed E-state index contributed by atoms with van der Waals surface area (Å²) in [5, 5.41) is 6.80. The second-order valence-corrected chi connectivity index (χ2v) is 5.69. The first kappa shape index (κ1) is 13.9. The Morgan fingerprint density at radius 1 is 1.19 bits per heavy atom. The van der Waals surface area contributed by atoms with Crippen molar-refractivity contribution < 1.29 is 0 Å². The van der Waals surface area contributed by atoms with E-state index in [1.54, 1.807) is 0 Å². The Kier molecular flexibility index (Phi) is 4.35. The standard InChI is InChI=1S/C15H17N5S/c1-21-8-7-13-15(12-5-3-2-4-6-12)17-11-20(13)9-14-16-10-18-19-14/h2-6,10-11H,7-9H2,1H3,(H,16,18,19). The molecule has 3 rings (SSSR count). The van der Waals surface area contributed by atoms with Crippen molar-refractivity contribution in [3.8, 4) is 11.3 Å². The maximum atomic E-state index is 4.61. The number of benzene rings is 1. The van der Waals surface area contributed by atoms with Crippen LogP contribution in [0.3, 0.4) is 0 Å². The number of nitrogens with zero attached hydrogens (tertiary/aromatic N) is 4. The third-order valence-electron chi connectivity index (χ3n) is 3.32. The van der Waals surface area contributed by atoms with Crippen LogP contribution in [0.25, 0.3) is 11.3 Å². The van der Waals surface area contributed by atoms with Crippen molar-refractivity contribution in [2.75, 3.05) is 12.0 Å². The fourth-order valence-corrected chi connectivity index (χ4v) is 2.71. The van der Waals surface area contributed by atoms with Gasteiger partial charge in [0.15, 0.2) is 0 Å². The number of aromatic nitrogens is 5. The van der Waals surface area contributed by atoms with E-state index in [0.717, 1.165) is 29.3 Å². The number of rotatable bonds is 6. The third-order valence-corrected chi connectivity index (χ3v) is 3.93. The predicted octanol–water partition coefficient (Wildman–Crippen LogP) is 2.62. The molecule has 2 aromatic heterocycles. The van der Waals surface area contributed by atoms with Crippen molar-refractivity contribution in [1.82, 2.24) is 24.7 Å². The van der Waals surface area contributed by atoms with E-state index in [1.807, 2.05) is 36.3 Å². The fraction of sp³-hybridized carbons (Fsp3) is 0.267. The van der Waals surface area contributed by atoms with Crippen molar-refractivity contribution in [2.24, 2.45) is 0 Å². The van der Waals surface area contributed by atoms with Gasteiger partial charge < -0.3 is 4.57 Å². The number of imidazole rings is 1. The van der Waals surface area contributed by atoms with Crippen LogP contribution in [0.2, 0.25) is 0 Å². The van der Waals surface area contributed by atoms with Gasteiger partial charge in [0.25, 0.3) is 0 Å². The third kappa shape index (κ3) is 3.16. The Morgan fingerprint density at radius 2 is 2.05 bits per heavy atom. The summed E-state index contributed by atoms with van der Waals surface area (Å²) in [4.78, 5) is 8.81. The van der Waals surface area contributed by atoms with Crippen LogP contribution in [0.15, 0.2) is 43.0 Å². The van der Waals surface area contributed by atoms with Crippen LogP contribution in [0.5, 0.6) is 0 Å². The van der Waals surface area contributed by atoms with E-state index >= 15 is 0 Å². The number of thioether (sulfide) groups is 1. The minimum Gasteiger partial charge on any atom is -0.326 e. The zero-order valence-electron chi connectivity index (χ0n) is 11.9. The van der Waals surface area contributed by atoms with Gasteiger partial charge in [-0.15, -0.1) is 0 Å². The van der Waals surface area contributed by atoms with Gasteiger partial charge in [-0.2, -0.15) is 16.9 Å². The van der Waals surface area contributed by atoms with Gasteiger partial charge in [0.2, 0.25) is 0 Å². The highest BCUT2D eigenvalue weighted by molar-refractivity contribution is 7.98. The van der Waals surface area contributed by atoms with E-state index in [9.17, 15) is 0 Å². The normalized spacial score (nSPS) is 10.9. The molecule has 21 heavy (non-hydrogen) atoms. The molecule has 0 radical (unpaired) electrons. The van der Waals surface area contributed by atoms with Gasteiger partial charge in [-0.1, -0.05) is 30.3 Å². The highest BCUT2D eigenvalue weighted by atomic mass is 32.2. The molecule has 0 amide bonds. The largest absolute Gasteiger partial charge is 0.326 e. The molecule has 2 heterocycles. The summed E-state index contributed by atoms with van der Waals surface area (Å²) >= 11 is 1.84. The van der Waals surface area contributed by atoms with E-state index in [2.05, 4.69) is 43.1 Å². The molecule has 3 aromatic rings. The average molecular weight is 299 g/mol. The molecule has 5 nitrogen and oxygen atoms in total. The Hall–Kier alpha value is -2.08. The van der Waals surface area contributed by atoms with E-state index in [0.29, 0.717) is 6.54 Å². The first-order chi connectivity index (χ1) is 10.4. The van der Waals surface area contributed by atoms with Gasteiger partial charge in [-0.25, -0.2) is 9.97 Å². The molecule has 0 saturated carbocycles. The van der Waals surface area contributed by atoms with Crippen LogP contribution in [-0.4, -0.2) is 36.7 Å². The second kappa shape index (κ2) is 6.58. The summed E-state index contributed by atoms with van der Waals surface area (Å²) in [5.41, 5.74) is 3.46. The molecule has 0 bridgehead atoms. The SMILES string of the molecule is CSCCc1c(-c2ccccc2)ncn1Cc1ncn[nH]1. The first-order valence-corrected chi connectivity index (χ1v) is 8.20. The number of hydrogen-bond acceptors (Lipinski definition) is 4. The summed E-state index contributed by atoms with van der Waals surface area (Å²) in [6.07, 6.45) is 6.53. The van der Waals surface area contributed by atoms with E-state index < -0.39 is 0 Å². The highest BCUT2D eigenvalue weighted by Gasteiger charge is 2.13. The van der Waals surface area contributed by atoms with Gasteiger partial charge in [0.1, 0.15) is 12.2 Å². The topological polar surface area (TPSA) is 59.4 Å². The lowest BCUT2D eigenvalue weighted by Crippen LogP contribution is -2.06.